The molecule has 1 saturated heterocycles. The number of halogens is 2. The lowest BCUT2D eigenvalue weighted by molar-refractivity contribution is -0.139. The molecule has 1 amide bonds. The Bertz CT molecular complexity index is 771. The Kier molecular flexibility index (Phi) is 5.94. The second kappa shape index (κ2) is 8.19. The van der Waals surface area contributed by atoms with Crippen molar-refractivity contribution < 1.29 is 14.6 Å². The van der Waals surface area contributed by atoms with Gasteiger partial charge >= 0.3 is 0 Å². The van der Waals surface area contributed by atoms with Crippen LogP contribution in [-0.4, -0.2) is 35.1 Å². The third kappa shape index (κ3) is 4.43. The van der Waals surface area contributed by atoms with E-state index in [0.717, 1.165) is 12.8 Å². The molecule has 0 radical (unpaired) electrons. The lowest BCUT2D eigenvalue weighted by atomic mass is 9.89. The SMILES string of the molecule is CC(Oc1ccc(Cl)cc1Cl)C(=O)N1CCC(c2ccc(O)cc2)CC1. The Morgan fingerprint density at radius 1 is 1.15 bits per heavy atom. The summed E-state index contributed by atoms with van der Waals surface area (Å²) >= 11 is 12.0. The molecule has 1 atom stereocenters. The van der Waals surface area contributed by atoms with E-state index in [9.17, 15) is 9.90 Å². The molecular formula is C20H21Cl2NO3. The second-order valence-electron chi connectivity index (χ2n) is 6.53. The van der Waals surface area contributed by atoms with Gasteiger partial charge in [-0.25, -0.2) is 0 Å². The van der Waals surface area contributed by atoms with Crippen LogP contribution in [0.1, 0.15) is 31.2 Å². The number of piperidine rings is 1. The minimum atomic E-state index is -0.612. The van der Waals surface area contributed by atoms with E-state index in [1.54, 1.807) is 37.3 Å². The van der Waals surface area contributed by atoms with Crippen LogP contribution in [0.25, 0.3) is 0 Å². The van der Waals surface area contributed by atoms with E-state index in [0.29, 0.717) is 34.8 Å². The van der Waals surface area contributed by atoms with Crippen molar-refractivity contribution in [1.82, 2.24) is 4.90 Å². The highest BCUT2D eigenvalue weighted by molar-refractivity contribution is 6.35. The molecule has 1 heterocycles. The van der Waals surface area contributed by atoms with Crippen molar-refractivity contribution >= 4 is 29.1 Å². The molecule has 26 heavy (non-hydrogen) atoms. The first-order valence-electron chi connectivity index (χ1n) is 8.63. The van der Waals surface area contributed by atoms with Crippen LogP contribution in [0, 0.1) is 0 Å². The smallest absolute Gasteiger partial charge is 0.263 e. The number of hydrogen-bond donors (Lipinski definition) is 1. The quantitative estimate of drug-likeness (QED) is 0.805. The summed E-state index contributed by atoms with van der Waals surface area (Å²) < 4.78 is 5.73. The number of ether oxygens (including phenoxy) is 1. The Balaban J connectivity index is 1.56. The van der Waals surface area contributed by atoms with Crippen LogP contribution in [0.5, 0.6) is 11.5 Å². The largest absolute Gasteiger partial charge is 0.508 e. The first kappa shape index (κ1) is 18.9. The number of carbonyl (C=O) groups excluding carboxylic acids is 1. The molecule has 6 heteroatoms. The first-order chi connectivity index (χ1) is 12.4. The lowest BCUT2D eigenvalue weighted by Crippen LogP contribution is -2.44. The van der Waals surface area contributed by atoms with Crippen LogP contribution in [0.3, 0.4) is 0 Å². The molecule has 0 saturated carbocycles. The molecular weight excluding hydrogens is 373 g/mol. The van der Waals surface area contributed by atoms with Crippen molar-refractivity contribution in [2.24, 2.45) is 0 Å². The number of carbonyl (C=O) groups is 1. The highest BCUT2D eigenvalue weighted by Gasteiger charge is 2.28. The zero-order valence-corrected chi connectivity index (χ0v) is 16.0. The number of aromatic hydroxyl groups is 1. The summed E-state index contributed by atoms with van der Waals surface area (Å²) in [7, 11) is 0. The Morgan fingerprint density at radius 2 is 1.81 bits per heavy atom. The molecule has 1 fully saturated rings. The van der Waals surface area contributed by atoms with Gasteiger partial charge < -0.3 is 14.7 Å². The molecule has 1 unspecified atom stereocenters. The van der Waals surface area contributed by atoms with Crippen molar-refractivity contribution in [1.29, 1.82) is 0 Å². The summed E-state index contributed by atoms with van der Waals surface area (Å²) in [6.45, 7) is 3.11. The van der Waals surface area contributed by atoms with Gasteiger partial charge in [-0.15, -0.1) is 0 Å². The molecule has 2 aromatic carbocycles. The maximum atomic E-state index is 12.7. The van der Waals surface area contributed by atoms with Gasteiger partial charge in [-0.2, -0.15) is 0 Å². The zero-order chi connectivity index (χ0) is 18.7. The van der Waals surface area contributed by atoms with Crippen LogP contribution in [0.4, 0.5) is 0 Å². The van der Waals surface area contributed by atoms with E-state index < -0.39 is 6.10 Å². The van der Waals surface area contributed by atoms with Crippen molar-refractivity contribution in [2.45, 2.75) is 31.8 Å². The van der Waals surface area contributed by atoms with Gasteiger partial charge in [0.25, 0.3) is 5.91 Å². The number of rotatable bonds is 4. The highest BCUT2D eigenvalue weighted by Crippen LogP contribution is 2.31. The summed E-state index contributed by atoms with van der Waals surface area (Å²) in [5, 5.41) is 10.3. The molecule has 1 N–H and O–H groups in total. The predicted molar refractivity (Wildman–Crippen MR) is 103 cm³/mol. The standard InChI is InChI=1S/C20H21Cl2NO3/c1-13(26-19-7-4-16(21)12-18(19)22)20(25)23-10-8-15(9-11-23)14-2-5-17(24)6-3-14/h2-7,12-13,15,24H,8-11H2,1H3. The van der Waals surface area contributed by atoms with Gasteiger partial charge in [0.1, 0.15) is 11.5 Å². The lowest BCUT2D eigenvalue weighted by Gasteiger charge is -2.33. The second-order valence-corrected chi connectivity index (χ2v) is 7.37. The van der Waals surface area contributed by atoms with Crippen molar-refractivity contribution in [2.75, 3.05) is 13.1 Å². The normalized spacial score (nSPS) is 16.3. The average Bonchev–Trinajstić information content (AvgIpc) is 2.64. The topological polar surface area (TPSA) is 49.8 Å². The summed E-state index contributed by atoms with van der Waals surface area (Å²) in [6, 6.07) is 12.3. The van der Waals surface area contributed by atoms with E-state index in [4.69, 9.17) is 27.9 Å². The maximum absolute atomic E-state index is 12.7. The van der Waals surface area contributed by atoms with Crippen LogP contribution in [-0.2, 0) is 4.79 Å². The molecule has 0 bridgehead atoms. The fourth-order valence-electron chi connectivity index (χ4n) is 3.25. The third-order valence-corrected chi connectivity index (χ3v) is 5.25. The third-order valence-electron chi connectivity index (χ3n) is 4.72. The van der Waals surface area contributed by atoms with E-state index in [1.807, 2.05) is 17.0 Å². The number of benzene rings is 2. The number of phenols is 1. The molecule has 1 aliphatic heterocycles. The average molecular weight is 394 g/mol. The zero-order valence-electron chi connectivity index (χ0n) is 14.5. The summed E-state index contributed by atoms with van der Waals surface area (Å²) in [5.41, 5.74) is 1.20. The number of phenolic OH excluding ortho intramolecular Hbond substituents is 1. The first-order valence-corrected chi connectivity index (χ1v) is 9.39. The van der Waals surface area contributed by atoms with Crippen molar-refractivity contribution in [3.63, 3.8) is 0 Å². The predicted octanol–water partition coefficient (Wildman–Crippen LogP) is 4.87. The highest BCUT2D eigenvalue weighted by atomic mass is 35.5. The van der Waals surface area contributed by atoms with Crippen LogP contribution < -0.4 is 4.74 Å². The summed E-state index contributed by atoms with van der Waals surface area (Å²) in [5.74, 6) is 1.09. The fraction of sp³-hybridized carbons (Fsp3) is 0.350. The molecule has 3 rings (SSSR count). The Labute approximate surface area is 163 Å². The van der Waals surface area contributed by atoms with E-state index >= 15 is 0 Å². The van der Waals surface area contributed by atoms with Crippen LogP contribution in [0.2, 0.25) is 10.0 Å². The minimum absolute atomic E-state index is 0.0415. The molecule has 138 valence electrons. The number of hydrogen-bond acceptors (Lipinski definition) is 3. The summed E-state index contributed by atoms with van der Waals surface area (Å²) in [6.07, 6.45) is 1.18. The van der Waals surface area contributed by atoms with Crippen molar-refractivity contribution in [3.05, 3.63) is 58.1 Å². The van der Waals surface area contributed by atoms with Crippen LogP contribution in [0.15, 0.2) is 42.5 Å². The van der Waals surface area contributed by atoms with E-state index in [-0.39, 0.29) is 11.7 Å². The van der Waals surface area contributed by atoms with Gasteiger partial charge in [-0.3, -0.25) is 4.79 Å². The van der Waals surface area contributed by atoms with Gasteiger partial charge in [0.15, 0.2) is 6.10 Å². The molecule has 0 aliphatic carbocycles. The van der Waals surface area contributed by atoms with E-state index in [1.165, 1.54) is 5.56 Å². The molecule has 0 spiro atoms. The Hall–Kier alpha value is -1.91. The Morgan fingerprint density at radius 3 is 2.42 bits per heavy atom. The minimum Gasteiger partial charge on any atom is -0.508 e. The molecule has 2 aromatic rings. The van der Waals surface area contributed by atoms with Gasteiger partial charge in [-0.1, -0.05) is 35.3 Å². The number of nitrogens with zero attached hydrogens (tertiary/aromatic N) is 1. The molecule has 4 nitrogen and oxygen atoms in total. The number of likely N-dealkylation sites (tertiary alicyclic amines) is 1. The van der Waals surface area contributed by atoms with E-state index in [2.05, 4.69) is 0 Å². The van der Waals surface area contributed by atoms with Gasteiger partial charge in [0.05, 0.1) is 5.02 Å². The maximum Gasteiger partial charge on any atom is 0.263 e. The van der Waals surface area contributed by atoms with Gasteiger partial charge in [0.2, 0.25) is 0 Å². The summed E-state index contributed by atoms with van der Waals surface area (Å²) in [4.78, 5) is 14.5. The van der Waals surface area contributed by atoms with Gasteiger partial charge in [-0.05, 0) is 61.6 Å². The molecule has 0 aromatic heterocycles. The molecule has 1 aliphatic rings. The fourth-order valence-corrected chi connectivity index (χ4v) is 3.70. The van der Waals surface area contributed by atoms with Crippen LogP contribution >= 0.6 is 23.2 Å². The number of amides is 1. The monoisotopic (exact) mass is 393 g/mol. The van der Waals surface area contributed by atoms with Gasteiger partial charge in [0, 0.05) is 18.1 Å². The van der Waals surface area contributed by atoms with Crippen molar-refractivity contribution in [3.8, 4) is 11.5 Å².